The second-order valence-corrected chi connectivity index (χ2v) is 8.72. The first-order valence-corrected chi connectivity index (χ1v) is 10.9. The number of non-ortho nitro benzene ring substituents is 1. The Morgan fingerprint density at radius 2 is 1.81 bits per heavy atom. The molecule has 4 rings (SSSR count). The van der Waals surface area contributed by atoms with E-state index in [1.165, 1.54) is 23.5 Å². The quantitative estimate of drug-likeness (QED) is 0.257. The van der Waals surface area contributed by atoms with Crippen molar-refractivity contribution in [3.8, 4) is 21.7 Å². The fraction of sp³-hybridized carbons (Fsp3) is 0.0833. The van der Waals surface area contributed by atoms with E-state index in [9.17, 15) is 14.9 Å². The number of aromatic nitrogens is 1. The van der Waals surface area contributed by atoms with Crippen molar-refractivity contribution >= 4 is 39.7 Å². The molecule has 1 heterocycles. The number of halogens is 1. The molecule has 32 heavy (non-hydrogen) atoms. The van der Waals surface area contributed by atoms with Gasteiger partial charge >= 0.3 is 0 Å². The molecule has 0 aliphatic heterocycles. The smallest absolute Gasteiger partial charge is 0.269 e. The van der Waals surface area contributed by atoms with E-state index in [4.69, 9.17) is 11.6 Å². The minimum atomic E-state index is -0.438. The van der Waals surface area contributed by atoms with Crippen LogP contribution in [0.5, 0.6) is 0 Å². The van der Waals surface area contributed by atoms with Crippen LogP contribution in [-0.4, -0.2) is 15.8 Å². The largest absolute Gasteiger partial charge is 0.298 e. The van der Waals surface area contributed by atoms with E-state index in [2.05, 4.69) is 16.4 Å². The lowest BCUT2D eigenvalue weighted by Crippen LogP contribution is -2.11. The summed E-state index contributed by atoms with van der Waals surface area (Å²) in [6.07, 6.45) is 0. The van der Waals surface area contributed by atoms with E-state index in [0.29, 0.717) is 21.4 Å². The first kappa shape index (κ1) is 21.7. The van der Waals surface area contributed by atoms with Gasteiger partial charge in [0.2, 0.25) is 0 Å². The molecule has 3 aromatic carbocycles. The van der Waals surface area contributed by atoms with E-state index in [-0.39, 0.29) is 11.6 Å². The Labute approximate surface area is 193 Å². The molecule has 0 aliphatic rings. The number of aryl methyl sites for hydroxylation is 2. The summed E-state index contributed by atoms with van der Waals surface area (Å²) < 4.78 is 0. The topological polar surface area (TPSA) is 85.1 Å². The Morgan fingerprint density at radius 1 is 1.06 bits per heavy atom. The van der Waals surface area contributed by atoms with Gasteiger partial charge in [0.1, 0.15) is 0 Å². The van der Waals surface area contributed by atoms with Crippen LogP contribution in [0.4, 0.5) is 10.8 Å². The SMILES string of the molecule is Cc1ccc(-c2sc(NC(=O)c3cccc(Cl)c3)nc2-c2ccc([N+](=O)[O-])cc2)c(C)c1. The third-order valence-corrected chi connectivity index (χ3v) is 6.15. The van der Waals surface area contributed by atoms with Crippen LogP contribution < -0.4 is 5.32 Å². The maximum Gasteiger partial charge on any atom is 0.269 e. The fourth-order valence-corrected chi connectivity index (χ4v) is 4.62. The van der Waals surface area contributed by atoms with E-state index in [0.717, 1.165) is 27.1 Å². The predicted molar refractivity (Wildman–Crippen MR) is 129 cm³/mol. The molecule has 0 fully saturated rings. The molecule has 6 nitrogen and oxygen atoms in total. The van der Waals surface area contributed by atoms with Crippen LogP contribution in [0.3, 0.4) is 0 Å². The highest BCUT2D eigenvalue weighted by Crippen LogP contribution is 2.41. The van der Waals surface area contributed by atoms with Gasteiger partial charge in [-0.2, -0.15) is 0 Å². The first-order valence-electron chi connectivity index (χ1n) is 9.72. The molecule has 8 heteroatoms. The van der Waals surface area contributed by atoms with Crippen LogP contribution in [-0.2, 0) is 0 Å². The number of thiazole rings is 1. The number of rotatable bonds is 5. The van der Waals surface area contributed by atoms with Gasteiger partial charge in [-0.05, 0) is 55.3 Å². The second-order valence-electron chi connectivity index (χ2n) is 7.28. The fourth-order valence-electron chi connectivity index (χ4n) is 3.36. The summed E-state index contributed by atoms with van der Waals surface area (Å²) >= 11 is 7.36. The number of nitrogens with one attached hydrogen (secondary N) is 1. The number of nitrogens with zero attached hydrogens (tertiary/aromatic N) is 2. The van der Waals surface area contributed by atoms with Gasteiger partial charge < -0.3 is 0 Å². The normalized spacial score (nSPS) is 10.7. The molecule has 0 atom stereocenters. The van der Waals surface area contributed by atoms with E-state index < -0.39 is 4.92 Å². The summed E-state index contributed by atoms with van der Waals surface area (Å²) in [7, 11) is 0. The van der Waals surface area contributed by atoms with Gasteiger partial charge in [-0.1, -0.05) is 52.8 Å². The molecule has 1 N–H and O–H groups in total. The summed E-state index contributed by atoms with van der Waals surface area (Å²) in [5.74, 6) is -0.316. The van der Waals surface area contributed by atoms with Crippen LogP contribution in [0, 0.1) is 24.0 Å². The summed E-state index contributed by atoms with van der Waals surface area (Å²) in [6.45, 7) is 4.04. The number of carbonyl (C=O) groups excluding carboxylic acids is 1. The van der Waals surface area contributed by atoms with Crippen LogP contribution >= 0.6 is 22.9 Å². The van der Waals surface area contributed by atoms with Crippen LogP contribution in [0.1, 0.15) is 21.5 Å². The molecule has 4 aromatic rings. The summed E-state index contributed by atoms with van der Waals surface area (Å²) in [6, 6.07) is 19.0. The first-order chi connectivity index (χ1) is 15.3. The van der Waals surface area contributed by atoms with Crippen molar-refractivity contribution in [2.75, 3.05) is 5.32 Å². The van der Waals surface area contributed by atoms with Crippen LogP contribution in [0.2, 0.25) is 5.02 Å². The molecule has 0 radical (unpaired) electrons. The van der Waals surface area contributed by atoms with Gasteiger partial charge in [0.05, 0.1) is 15.5 Å². The number of carbonyl (C=O) groups is 1. The molecule has 0 saturated heterocycles. The molecular formula is C24H18ClN3O3S. The third kappa shape index (κ3) is 4.54. The van der Waals surface area contributed by atoms with Crippen LogP contribution in [0.15, 0.2) is 66.7 Å². The zero-order valence-electron chi connectivity index (χ0n) is 17.3. The number of anilines is 1. The van der Waals surface area contributed by atoms with Gasteiger partial charge in [-0.15, -0.1) is 0 Å². The molecule has 0 bridgehead atoms. The Morgan fingerprint density at radius 3 is 2.47 bits per heavy atom. The van der Waals surface area contributed by atoms with Gasteiger partial charge in [0.25, 0.3) is 11.6 Å². The predicted octanol–water partition coefficient (Wildman–Crippen LogP) is 6.91. The Balaban J connectivity index is 1.77. The maximum atomic E-state index is 12.7. The van der Waals surface area contributed by atoms with Crippen molar-refractivity contribution in [3.63, 3.8) is 0 Å². The van der Waals surface area contributed by atoms with E-state index in [1.54, 1.807) is 36.4 Å². The summed E-state index contributed by atoms with van der Waals surface area (Å²) in [5.41, 5.74) is 5.02. The van der Waals surface area contributed by atoms with Crippen molar-refractivity contribution in [2.24, 2.45) is 0 Å². The van der Waals surface area contributed by atoms with Gasteiger partial charge in [-0.25, -0.2) is 4.98 Å². The zero-order chi connectivity index (χ0) is 22.8. The lowest BCUT2D eigenvalue weighted by molar-refractivity contribution is -0.384. The molecule has 0 unspecified atom stereocenters. The van der Waals surface area contributed by atoms with Crippen molar-refractivity contribution < 1.29 is 9.72 Å². The van der Waals surface area contributed by atoms with Gasteiger partial charge in [0.15, 0.2) is 5.13 Å². The molecule has 0 spiro atoms. The Hall–Kier alpha value is -3.55. The standard InChI is InChI=1S/C24H18ClN3O3S/c1-14-6-11-20(15(2)12-14)22-21(16-7-9-19(10-8-16)28(30)31)26-24(32-22)27-23(29)17-4-3-5-18(25)13-17/h3-13H,1-2H3,(H,26,27,29). The molecule has 0 saturated carbocycles. The molecule has 1 aromatic heterocycles. The molecule has 1 amide bonds. The number of nitro benzene ring substituents is 1. The zero-order valence-corrected chi connectivity index (χ0v) is 18.8. The molecule has 0 aliphatic carbocycles. The highest BCUT2D eigenvalue weighted by Gasteiger charge is 2.19. The van der Waals surface area contributed by atoms with E-state index >= 15 is 0 Å². The molecular weight excluding hydrogens is 446 g/mol. The number of hydrogen-bond donors (Lipinski definition) is 1. The lowest BCUT2D eigenvalue weighted by Gasteiger charge is -2.07. The summed E-state index contributed by atoms with van der Waals surface area (Å²) in [4.78, 5) is 28.8. The van der Waals surface area contributed by atoms with Crippen molar-refractivity contribution in [1.82, 2.24) is 4.98 Å². The van der Waals surface area contributed by atoms with Crippen molar-refractivity contribution in [2.45, 2.75) is 13.8 Å². The number of amides is 1. The lowest BCUT2D eigenvalue weighted by atomic mass is 10.0. The van der Waals surface area contributed by atoms with Gasteiger partial charge in [0, 0.05) is 28.3 Å². The maximum absolute atomic E-state index is 12.7. The van der Waals surface area contributed by atoms with Gasteiger partial charge in [-0.3, -0.25) is 20.2 Å². The number of nitro groups is 1. The average molecular weight is 464 g/mol. The third-order valence-electron chi connectivity index (χ3n) is 4.91. The minimum absolute atomic E-state index is 0.00604. The minimum Gasteiger partial charge on any atom is -0.298 e. The Kier molecular flexibility index (Phi) is 6.03. The Bertz CT molecular complexity index is 1330. The van der Waals surface area contributed by atoms with Crippen molar-refractivity contribution in [3.05, 3.63) is 98.6 Å². The average Bonchev–Trinajstić information content (AvgIpc) is 3.17. The second kappa shape index (κ2) is 8.90. The van der Waals surface area contributed by atoms with Crippen molar-refractivity contribution in [1.29, 1.82) is 0 Å². The number of hydrogen-bond acceptors (Lipinski definition) is 5. The van der Waals surface area contributed by atoms with E-state index in [1.807, 2.05) is 26.0 Å². The highest BCUT2D eigenvalue weighted by molar-refractivity contribution is 7.19. The summed E-state index contributed by atoms with van der Waals surface area (Å²) in [5, 5.41) is 14.8. The molecule has 160 valence electrons. The number of benzene rings is 3. The highest BCUT2D eigenvalue weighted by atomic mass is 35.5. The monoisotopic (exact) mass is 463 g/mol. The van der Waals surface area contributed by atoms with Crippen LogP contribution in [0.25, 0.3) is 21.7 Å².